The zero-order valence-corrected chi connectivity index (χ0v) is 12.9. The lowest BCUT2D eigenvalue weighted by Crippen LogP contribution is -1.92. The van der Waals surface area contributed by atoms with Crippen LogP contribution in [0.4, 0.5) is 0 Å². The van der Waals surface area contributed by atoms with E-state index in [1.54, 1.807) is 0 Å². The maximum atomic E-state index is 10.6. The quantitative estimate of drug-likeness (QED) is 0.770. The monoisotopic (exact) mass is 282 g/mol. The van der Waals surface area contributed by atoms with Crippen molar-refractivity contribution < 1.29 is 9.59 Å². The third-order valence-electron chi connectivity index (χ3n) is 3.16. The molecule has 21 heavy (non-hydrogen) atoms. The van der Waals surface area contributed by atoms with Gasteiger partial charge in [-0.05, 0) is 25.8 Å². The summed E-state index contributed by atoms with van der Waals surface area (Å²) in [5.74, 6) is 0. The first-order valence-electron chi connectivity index (χ1n) is 7.17. The van der Waals surface area contributed by atoms with Crippen molar-refractivity contribution in [3.05, 3.63) is 70.3 Å². The third kappa shape index (κ3) is 5.74. The van der Waals surface area contributed by atoms with Crippen molar-refractivity contribution in [2.24, 2.45) is 0 Å². The number of carbonyl (C=O) groups is 2. The summed E-state index contributed by atoms with van der Waals surface area (Å²) in [6.07, 6.45) is 3.86. The molecule has 0 radical (unpaired) electrons. The van der Waals surface area contributed by atoms with Crippen LogP contribution in [0.1, 0.15) is 50.8 Å². The molecule has 2 aromatic rings. The zero-order valence-electron chi connectivity index (χ0n) is 12.9. The van der Waals surface area contributed by atoms with Crippen molar-refractivity contribution >= 4 is 12.6 Å². The molecule has 0 unspecified atom stereocenters. The first-order chi connectivity index (χ1) is 10.1. The van der Waals surface area contributed by atoms with Crippen LogP contribution in [0.5, 0.6) is 0 Å². The highest BCUT2D eigenvalue weighted by Gasteiger charge is 1.99. The van der Waals surface area contributed by atoms with E-state index in [1.807, 2.05) is 50.2 Å². The highest BCUT2D eigenvalue weighted by molar-refractivity contribution is 5.77. The number of benzene rings is 2. The van der Waals surface area contributed by atoms with Crippen LogP contribution in [-0.2, 0) is 6.42 Å². The van der Waals surface area contributed by atoms with Gasteiger partial charge in [-0.1, -0.05) is 66.9 Å². The SMILES string of the molecule is CCCc1cc(C)ccc1C=O.Cc1ccc(C=O)cc1. The Morgan fingerprint density at radius 3 is 2.00 bits per heavy atom. The number of hydrogen-bond acceptors (Lipinski definition) is 2. The van der Waals surface area contributed by atoms with E-state index >= 15 is 0 Å². The van der Waals surface area contributed by atoms with E-state index in [1.165, 1.54) is 16.7 Å². The molecule has 0 aliphatic carbocycles. The van der Waals surface area contributed by atoms with Gasteiger partial charge in [0.25, 0.3) is 0 Å². The van der Waals surface area contributed by atoms with E-state index < -0.39 is 0 Å². The Hall–Kier alpha value is -2.22. The number of aldehydes is 2. The largest absolute Gasteiger partial charge is 0.298 e. The highest BCUT2D eigenvalue weighted by atomic mass is 16.1. The third-order valence-corrected chi connectivity index (χ3v) is 3.16. The van der Waals surface area contributed by atoms with E-state index in [9.17, 15) is 9.59 Å². The van der Waals surface area contributed by atoms with Crippen molar-refractivity contribution in [1.82, 2.24) is 0 Å². The summed E-state index contributed by atoms with van der Waals surface area (Å²) in [5, 5.41) is 0. The Balaban J connectivity index is 0.000000219. The average Bonchev–Trinajstić information content (AvgIpc) is 2.49. The molecule has 2 nitrogen and oxygen atoms in total. The molecule has 0 fully saturated rings. The van der Waals surface area contributed by atoms with Crippen LogP contribution in [0.25, 0.3) is 0 Å². The number of carbonyl (C=O) groups excluding carboxylic acids is 2. The van der Waals surface area contributed by atoms with E-state index in [0.29, 0.717) is 0 Å². The van der Waals surface area contributed by atoms with E-state index in [0.717, 1.165) is 36.5 Å². The van der Waals surface area contributed by atoms with Crippen LogP contribution in [-0.4, -0.2) is 12.6 Å². The zero-order chi connectivity index (χ0) is 15.7. The Morgan fingerprint density at radius 2 is 1.48 bits per heavy atom. The molecule has 0 aliphatic rings. The predicted molar refractivity (Wildman–Crippen MR) is 87.1 cm³/mol. The van der Waals surface area contributed by atoms with Gasteiger partial charge in [0.15, 0.2) is 0 Å². The summed E-state index contributed by atoms with van der Waals surface area (Å²) < 4.78 is 0. The molecule has 0 aromatic heterocycles. The van der Waals surface area contributed by atoms with Gasteiger partial charge in [-0.2, -0.15) is 0 Å². The van der Waals surface area contributed by atoms with E-state index in [-0.39, 0.29) is 0 Å². The van der Waals surface area contributed by atoms with Gasteiger partial charge in [-0.15, -0.1) is 0 Å². The summed E-state index contributed by atoms with van der Waals surface area (Å²) in [5.41, 5.74) is 5.15. The second kappa shape index (κ2) is 8.85. The van der Waals surface area contributed by atoms with E-state index in [2.05, 4.69) is 13.0 Å². The van der Waals surface area contributed by atoms with Crippen LogP contribution in [0.3, 0.4) is 0 Å². The highest BCUT2D eigenvalue weighted by Crippen LogP contribution is 2.11. The lowest BCUT2D eigenvalue weighted by Gasteiger charge is -2.03. The summed E-state index contributed by atoms with van der Waals surface area (Å²) >= 11 is 0. The molecule has 0 N–H and O–H groups in total. The van der Waals surface area contributed by atoms with Crippen molar-refractivity contribution in [1.29, 1.82) is 0 Å². The molecule has 2 heteroatoms. The summed E-state index contributed by atoms with van der Waals surface area (Å²) in [4.78, 5) is 20.7. The number of aryl methyl sites for hydroxylation is 3. The summed E-state index contributed by atoms with van der Waals surface area (Å²) in [6.45, 7) is 6.17. The Bertz CT molecular complexity index is 583. The van der Waals surface area contributed by atoms with Crippen LogP contribution >= 0.6 is 0 Å². The van der Waals surface area contributed by atoms with Gasteiger partial charge in [-0.3, -0.25) is 9.59 Å². The molecule has 2 aromatic carbocycles. The fourth-order valence-electron chi connectivity index (χ4n) is 1.98. The normalized spacial score (nSPS) is 9.48. The second-order valence-electron chi connectivity index (χ2n) is 5.10. The molecule has 110 valence electrons. The van der Waals surface area contributed by atoms with Gasteiger partial charge in [0.2, 0.25) is 0 Å². The molecule has 0 saturated carbocycles. The topological polar surface area (TPSA) is 34.1 Å². The van der Waals surface area contributed by atoms with Crippen molar-refractivity contribution in [2.45, 2.75) is 33.6 Å². The van der Waals surface area contributed by atoms with Crippen LogP contribution < -0.4 is 0 Å². The minimum absolute atomic E-state index is 0.737. The van der Waals surface area contributed by atoms with Crippen molar-refractivity contribution in [3.8, 4) is 0 Å². The molecular weight excluding hydrogens is 260 g/mol. The fourth-order valence-corrected chi connectivity index (χ4v) is 1.98. The first-order valence-corrected chi connectivity index (χ1v) is 7.17. The Morgan fingerprint density at radius 1 is 0.857 bits per heavy atom. The lowest BCUT2D eigenvalue weighted by molar-refractivity contribution is 0.111. The molecule has 0 heterocycles. The first kappa shape index (κ1) is 16.8. The fraction of sp³-hybridized carbons (Fsp3) is 0.263. The van der Waals surface area contributed by atoms with Gasteiger partial charge < -0.3 is 0 Å². The second-order valence-corrected chi connectivity index (χ2v) is 5.10. The molecule has 2 rings (SSSR count). The maximum absolute atomic E-state index is 10.6. The van der Waals surface area contributed by atoms with Crippen LogP contribution in [0.2, 0.25) is 0 Å². The molecule has 0 spiro atoms. The number of hydrogen-bond donors (Lipinski definition) is 0. The molecule has 0 amide bonds. The molecule has 0 bridgehead atoms. The molecule has 0 saturated heterocycles. The summed E-state index contributed by atoms with van der Waals surface area (Å²) in [6, 6.07) is 13.4. The number of rotatable bonds is 4. The maximum Gasteiger partial charge on any atom is 0.150 e. The standard InChI is InChI=1S/C11H14O.C8H8O/c1-3-4-10-7-9(2)5-6-11(10)8-12;1-7-2-4-8(6-9)5-3-7/h5-8H,3-4H2,1-2H3;2-6H,1H3. The van der Waals surface area contributed by atoms with Crippen LogP contribution in [0.15, 0.2) is 42.5 Å². The van der Waals surface area contributed by atoms with Gasteiger partial charge in [0.1, 0.15) is 12.6 Å². The van der Waals surface area contributed by atoms with Gasteiger partial charge in [0.05, 0.1) is 0 Å². The van der Waals surface area contributed by atoms with Crippen LogP contribution in [0, 0.1) is 13.8 Å². The molecular formula is C19H22O2. The smallest absolute Gasteiger partial charge is 0.150 e. The lowest BCUT2D eigenvalue weighted by atomic mass is 10.0. The van der Waals surface area contributed by atoms with E-state index in [4.69, 9.17) is 0 Å². The van der Waals surface area contributed by atoms with Gasteiger partial charge in [-0.25, -0.2) is 0 Å². The van der Waals surface area contributed by atoms with Gasteiger partial charge >= 0.3 is 0 Å². The summed E-state index contributed by atoms with van der Waals surface area (Å²) in [7, 11) is 0. The average molecular weight is 282 g/mol. The predicted octanol–water partition coefficient (Wildman–Crippen LogP) is 4.57. The molecule has 0 aliphatic heterocycles. The Labute approximate surface area is 126 Å². The van der Waals surface area contributed by atoms with Gasteiger partial charge in [0, 0.05) is 11.1 Å². The van der Waals surface area contributed by atoms with Crippen molar-refractivity contribution in [2.75, 3.05) is 0 Å². The van der Waals surface area contributed by atoms with Crippen molar-refractivity contribution in [3.63, 3.8) is 0 Å². The minimum Gasteiger partial charge on any atom is -0.298 e. The Kier molecular flexibility index (Phi) is 7.10. The minimum atomic E-state index is 0.737. The molecule has 0 atom stereocenters.